The van der Waals surface area contributed by atoms with Gasteiger partial charge in [0.15, 0.2) is 0 Å². The van der Waals surface area contributed by atoms with Crippen LogP contribution in [0.3, 0.4) is 0 Å². The predicted molar refractivity (Wildman–Crippen MR) is 105 cm³/mol. The Bertz CT molecular complexity index is 344. The third-order valence-electron chi connectivity index (χ3n) is 4.79. The van der Waals surface area contributed by atoms with Gasteiger partial charge in [0.2, 0.25) is 0 Å². The average Bonchev–Trinajstić information content (AvgIpc) is 2.46. The van der Waals surface area contributed by atoms with Crippen molar-refractivity contribution in [1.29, 1.82) is 0 Å². The lowest BCUT2D eigenvalue weighted by Crippen LogP contribution is -2.01. The summed E-state index contributed by atoms with van der Waals surface area (Å²) in [4.78, 5) is 11.4. The van der Waals surface area contributed by atoms with E-state index in [9.17, 15) is 4.79 Å². The summed E-state index contributed by atoms with van der Waals surface area (Å²) in [6.45, 7) is 13.7. The minimum atomic E-state index is -0.200. The van der Waals surface area contributed by atoms with Crippen LogP contribution in [0.2, 0.25) is 0 Å². The largest absolute Gasteiger partial charge is 0.463 e. The molecule has 0 fully saturated rings. The minimum absolute atomic E-state index is 0.200. The highest BCUT2D eigenvalue weighted by Crippen LogP contribution is 2.22. The lowest BCUT2D eigenvalue weighted by molar-refractivity contribution is -0.137. The molecule has 24 heavy (non-hydrogen) atoms. The van der Waals surface area contributed by atoms with Crippen LogP contribution in [0.1, 0.15) is 99.3 Å². The second-order valence-corrected chi connectivity index (χ2v) is 8.10. The third-order valence-corrected chi connectivity index (χ3v) is 4.79. The van der Waals surface area contributed by atoms with Gasteiger partial charge in [-0.2, -0.15) is 0 Å². The van der Waals surface area contributed by atoms with Crippen LogP contribution < -0.4 is 0 Å². The maximum Gasteiger partial charge on any atom is 0.330 e. The van der Waals surface area contributed by atoms with Gasteiger partial charge in [-0.25, -0.2) is 4.79 Å². The number of allylic oxidation sites excluding steroid dienone is 1. The Morgan fingerprint density at radius 1 is 0.875 bits per heavy atom. The molecule has 0 saturated carbocycles. The number of rotatable bonds is 14. The molecule has 0 N–H and O–H groups in total. The van der Waals surface area contributed by atoms with Crippen LogP contribution in [0.5, 0.6) is 0 Å². The summed E-state index contributed by atoms with van der Waals surface area (Å²) in [5, 5.41) is 0. The van der Waals surface area contributed by atoms with Crippen molar-refractivity contribution in [1.82, 2.24) is 0 Å². The Morgan fingerprint density at radius 3 is 1.88 bits per heavy atom. The fraction of sp³-hybridized carbons (Fsp3) is 0.864. The van der Waals surface area contributed by atoms with E-state index in [1.165, 1.54) is 51.4 Å². The van der Waals surface area contributed by atoms with Gasteiger partial charge >= 0.3 is 5.97 Å². The molecule has 2 atom stereocenters. The van der Waals surface area contributed by atoms with Crippen molar-refractivity contribution >= 4 is 5.97 Å². The van der Waals surface area contributed by atoms with Crippen molar-refractivity contribution in [2.75, 3.05) is 6.61 Å². The molecule has 0 bridgehead atoms. The molecule has 142 valence electrons. The van der Waals surface area contributed by atoms with E-state index in [2.05, 4.69) is 27.7 Å². The molecular formula is C22H42O2. The Kier molecular flexibility index (Phi) is 14.1. The van der Waals surface area contributed by atoms with Crippen LogP contribution >= 0.6 is 0 Å². The molecule has 2 nitrogen and oxygen atoms in total. The van der Waals surface area contributed by atoms with Crippen LogP contribution in [-0.2, 0) is 9.53 Å². The second-order valence-electron chi connectivity index (χ2n) is 8.10. The van der Waals surface area contributed by atoms with E-state index in [4.69, 9.17) is 4.74 Å². The molecule has 2 unspecified atom stereocenters. The monoisotopic (exact) mass is 338 g/mol. The SMILES string of the molecule is CCOC(=O)/C=C(\C)CCCC(C)CCCC(C)CCCC(C)C. The first-order chi connectivity index (χ1) is 11.3. The molecule has 0 aliphatic heterocycles. The smallest absolute Gasteiger partial charge is 0.330 e. The van der Waals surface area contributed by atoms with Gasteiger partial charge in [-0.3, -0.25) is 0 Å². The molecule has 0 spiro atoms. The fourth-order valence-corrected chi connectivity index (χ4v) is 3.16. The Hall–Kier alpha value is -0.790. The summed E-state index contributed by atoms with van der Waals surface area (Å²) in [5.74, 6) is 2.32. The van der Waals surface area contributed by atoms with Gasteiger partial charge < -0.3 is 4.74 Å². The molecule has 0 aromatic rings. The summed E-state index contributed by atoms with van der Waals surface area (Å²) in [6, 6.07) is 0. The molecule has 0 saturated heterocycles. The van der Waals surface area contributed by atoms with Gasteiger partial charge in [-0.1, -0.05) is 78.2 Å². The zero-order chi connectivity index (χ0) is 18.4. The van der Waals surface area contributed by atoms with E-state index < -0.39 is 0 Å². The maximum atomic E-state index is 11.4. The summed E-state index contributed by atoms with van der Waals surface area (Å²) in [5.41, 5.74) is 1.14. The molecular weight excluding hydrogens is 296 g/mol. The van der Waals surface area contributed by atoms with Crippen molar-refractivity contribution < 1.29 is 9.53 Å². The lowest BCUT2D eigenvalue weighted by atomic mass is 9.91. The van der Waals surface area contributed by atoms with Crippen molar-refractivity contribution in [2.45, 2.75) is 99.3 Å². The zero-order valence-corrected chi connectivity index (χ0v) is 17.2. The van der Waals surface area contributed by atoms with E-state index in [-0.39, 0.29) is 5.97 Å². The number of hydrogen-bond acceptors (Lipinski definition) is 2. The highest BCUT2D eigenvalue weighted by Gasteiger charge is 2.07. The number of carbonyl (C=O) groups is 1. The highest BCUT2D eigenvalue weighted by molar-refractivity contribution is 5.82. The Balaban J connectivity index is 3.69. The topological polar surface area (TPSA) is 26.3 Å². The Labute approximate surface area is 151 Å². The van der Waals surface area contributed by atoms with Crippen LogP contribution in [0.25, 0.3) is 0 Å². The molecule has 0 heterocycles. The standard InChI is InChI=1S/C22H42O2/c1-7-24-22(23)17-21(6)16-10-15-20(5)14-9-13-19(4)12-8-11-18(2)3/h17-20H,7-16H2,1-6H3/b21-17+. The third kappa shape index (κ3) is 14.8. The number of carbonyl (C=O) groups excluding carboxylic acids is 1. The van der Waals surface area contributed by atoms with Crippen molar-refractivity contribution in [3.8, 4) is 0 Å². The van der Waals surface area contributed by atoms with Crippen LogP contribution in [0.4, 0.5) is 0 Å². The summed E-state index contributed by atoms with van der Waals surface area (Å²) in [6.07, 6.45) is 13.3. The molecule has 0 aromatic carbocycles. The second kappa shape index (κ2) is 14.5. The lowest BCUT2D eigenvalue weighted by Gasteiger charge is -2.15. The molecule has 0 aliphatic rings. The molecule has 0 aliphatic carbocycles. The van der Waals surface area contributed by atoms with Crippen molar-refractivity contribution in [3.63, 3.8) is 0 Å². The first-order valence-electron chi connectivity index (χ1n) is 10.2. The molecule has 2 heteroatoms. The van der Waals surface area contributed by atoms with E-state index in [0.29, 0.717) is 6.61 Å². The van der Waals surface area contributed by atoms with Gasteiger partial charge in [0.1, 0.15) is 0 Å². The van der Waals surface area contributed by atoms with Crippen LogP contribution in [-0.4, -0.2) is 12.6 Å². The first-order valence-corrected chi connectivity index (χ1v) is 10.2. The average molecular weight is 339 g/mol. The summed E-state index contributed by atoms with van der Waals surface area (Å²) in [7, 11) is 0. The van der Waals surface area contributed by atoms with Gasteiger partial charge in [0.05, 0.1) is 6.61 Å². The zero-order valence-electron chi connectivity index (χ0n) is 17.2. The molecule has 0 amide bonds. The van der Waals surface area contributed by atoms with E-state index in [1.54, 1.807) is 6.08 Å². The maximum absolute atomic E-state index is 11.4. The van der Waals surface area contributed by atoms with Gasteiger partial charge in [-0.15, -0.1) is 0 Å². The quantitative estimate of drug-likeness (QED) is 0.253. The number of esters is 1. The number of ether oxygens (including phenoxy) is 1. The Morgan fingerprint density at radius 2 is 1.38 bits per heavy atom. The van der Waals surface area contributed by atoms with E-state index in [1.807, 2.05) is 13.8 Å². The fourth-order valence-electron chi connectivity index (χ4n) is 3.16. The molecule has 0 aromatic heterocycles. The predicted octanol–water partition coefficient (Wildman–Crippen LogP) is 6.93. The van der Waals surface area contributed by atoms with E-state index >= 15 is 0 Å². The van der Waals surface area contributed by atoms with Crippen LogP contribution in [0, 0.1) is 17.8 Å². The summed E-state index contributed by atoms with van der Waals surface area (Å²) >= 11 is 0. The van der Waals surface area contributed by atoms with Gasteiger partial charge in [0, 0.05) is 6.08 Å². The van der Waals surface area contributed by atoms with Crippen LogP contribution in [0.15, 0.2) is 11.6 Å². The normalized spacial score (nSPS) is 14.7. The van der Waals surface area contributed by atoms with Crippen molar-refractivity contribution in [3.05, 3.63) is 11.6 Å². The summed E-state index contributed by atoms with van der Waals surface area (Å²) < 4.78 is 4.94. The first kappa shape index (κ1) is 23.2. The van der Waals surface area contributed by atoms with Gasteiger partial charge in [0.25, 0.3) is 0 Å². The number of hydrogen-bond donors (Lipinski definition) is 0. The van der Waals surface area contributed by atoms with E-state index in [0.717, 1.165) is 29.7 Å². The highest BCUT2D eigenvalue weighted by atomic mass is 16.5. The van der Waals surface area contributed by atoms with Crippen molar-refractivity contribution in [2.24, 2.45) is 17.8 Å². The molecule has 0 rings (SSSR count). The molecule has 0 radical (unpaired) electrons. The minimum Gasteiger partial charge on any atom is -0.463 e. The van der Waals surface area contributed by atoms with Gasteiger partial charge in [-0.05, 0) is 44.4 Å².